The number of aromatic nitrogens is 2. The third-order valence-corrected chi connectivity index (χ3v) is 4.61. The molecule has 1 aliphatic rings. The van der Waals surface area contributed by atoms with Crippen LogP contribution in [0.3, 0.4) is 0 Å². The highest BCUT2D eigenvalue weighted by molar-refractivity contribution is 5.93. The van der Waals surface area contributed by atoms with Gasteiger partial charge in [-0.15, -0.1) is 0 Å². The van der Waals surface area contributed by atoms with Crippen molar-refractivity contribution in [1.82, 2.24) is 14.9 Å². The minimum Gasteiger partial charge on any atom is -0.370 e. The molecule has 1 fully saturated rings. The van der Waals surface area contributed by atoms with Gasteiger partial charge in [0.25, 0.3) is 5.91 Å². The first-order valence-electron chi connectivity index (χ1n) is 9.50. The number of hydrogen-bond acceptors (Lipinski definition) is 4. The summed E-state index contributed by atoms with van der Waals surface area (Å²) in [6.07, 6.45) is 2.24. The molecular weight excluding hydrogens is 324 g/mol. The highest BCUT2D eigenvalue weighted by Crippen LogP contribution is 2.21. The molecule has 1 atom stereocenters. The predicted octanol–water partition coefficient (Wildman–Crippen LogP) is 4.08. The van der Waals surface area contributed by atoms with E-state index < -0.39 is 0 Å². The molecule has 5 nitrogen and oxygen atoms in total. The van der Waals surface area contributed by atoms with Crippen LogP contribution in [0.25, 0.3) is 11.4 Å². The molecule has 0 saturated carbocycles. The highest BCUT2D eigenvalue weighted by atomic mass is 16.2. The Morgan fingerprint density at radius 2 is 2.04 bits per heavy atom. The van der Waals surface area contributed by atoms with Crippen molar-refractivity contribution in [3.05, 3.63) is 42.1 Å². The second kappa shape index (κ2) is 8.30. The standard InChI is InChI=1S/C21H28N4O/c1-15(2)13-22-19-12-18(21(26)25-11-7-8-16(3)14-25)23-20(24-19)17-9-5-4-6-10-17/h4-6,9-10,12,15-16H,7-8,11,13-14H2,1-3H3,(H,22,23,24). The molecule has 1 amide bonds. The third kappa shape index (κ3) is 4.59. The number of piperidine rings is 1. The van der Waals surface area contributed by atoms with Crippen molar-refractivity contribution in [3.63, 3.8) is 0 Å². The SMILES string of the molecule is CC(C)CNc1cc(C(=O)N2CCCC(C)C2)nc(-c2ccccc2)n1. The van der Waals surface area contributed by atoms with Gasteiger partial charge in [-0.1, -0.05) is 51.1 Å². The Labute approximate surface area is 155 Å². The number of amides is 1. The van der Waals surface area contributed by atoms with Crippen LogP contribution in [0.15, 0.2) is 36.4 Å². The first-order chi connectivity index (χ1) is 12.5. The van der Waals surface area contributed by atoms with Crippen molar-refractivity contribution in [2.45, 2.75) is 33.6 Å². The lowest BCUT2D eigenvalue weighted by molar-refractivity contribution is 0.0677. The maximum Gasteiger partial charge on any atom is 0.272 e. The quantitative estimate of drug-likeness (QED) is 0.881. The van der Waals surface area contributed by atoms with Gasteiger partial charge in [-0.2, -0.15) is 0 Å². The molecule has 0 radical (unpaired) electrons. The summed E-state index contributed by atoms with van der Waals surface area (Å²) in [6, 6.07) is 11.6. The Balaban J connectivity index is 1.92. The normalized spacial score (nSPS) is 17.4. The van der Waals surface area contributed by atoms with Crippen molar-refractivity contribution >= 4 is 11.7 Å². The largest absolute Gasteiger partial charge is 0.370 e. The Bertz CT molecular complexity index is 745. The zero-order chi connectivity index (χ0) is 18.5. The number of nitrogens with zero attached hydrogens (tertiary/aromatic N) is 3. The molecule has 1 saturated heterocycles. The number of rotatable bonds is 5. The number of hydrogen-bond donors (Lipinski definition) is 1. The van der Waals surface area contributed by atoms with Gasteiger partial charge in [-0.3, -0.25) is 4.79 Å². The van der Waals surface area contributed by atoms with Crippen LogP contribution >= 0.6 is 0 Å². The Kier molecular flexibility index (Phi) is 5.86. The summed E-state index contributed by atoms with van der Waals surface area (Å²) >= 11 is 0. The zero-order valence-corrected chi connectivity index (χ0v) is 15.9. The van der Waals surface area contributed by atoms with Crippen molar-refractivity contribution in [3.8, 4) is 11.4 Å². The van der Waals surface area contributed by atoms with Crippen LogP contribution < -0.4 is 5.32 Å². The van der Waals surface area contributed by atoms with E-state index in [2.05, 4.69) is 36.1 Å². The maximum absolute atomic E-state index is 13.0. The van der Waals surface area contributed by atoms with Gasteiger partial charge in [0.05, 0.1) is 0 Å². The number of likely N-dealkylation sites (tertiary alicyclic amines) is 1. The fourth-order valence-electron chi connectivity index (χ4n) is 3.21. The first-order valence-corrected chi connectivity index (χ1v) is 9.50. The number of carbonyl (C=O) groups is 1. The van der Waals surface area contributed by atoms with Crippen LogP contribution in [0.5, 0.6) is 0 Å². The Morgan fingerprint density at radius 3 is 2.73 bits per heavy atom. The summed E-state index contributed by atoms with van der Waals surface area (Å²) in [6.45, 7) is 8.91. The lowest BCUT2D eigenvalue weighted by atomic mass is 10.00. The summed E-state index contributed by atoms with van der Waals surface area (Å²) in [4.78, 5) is 24.2. The summed E-state index contributed by atoms with van der Waals surface area (Å²) in [5, 5.41) is 3.34. The van der Waals surface area contributed by atoms with E-state index in [-0.39, 0.29) is 5.91 Å². The molecule has 5 heteroatoms. The molecule has 26 heavy (non-hydrogen) atoms. The molecule has 1 aromatic heterocycles. The molecule has 1 N–H and O–H groups in total. The molecule has 0 aliphatic carbocycles. The topological polar surface area (TPSA) is 58.1 Å². The van der Waals surface area contributed by atoms with Gasteiger partial charge >= 0.3 is 0 Å². The number of carbonyl (C=O) groups excluding carboxylic acids is 1. The van der Waals surface area contributed by atoms with Crippen LogP contribution in [-0.4, -0.2) is 40.4 Å². The van der Waals surface area contributed by atoms with Crippen LogP contribution in [0.4, 0.5) is 5.82 Å². The van der Waals surface area contributed by atoms with Gasteiger partial charge in [0.1, 0.15) is 11.5 Å². The maximum atomic E-state index is 13.0. The summed E-state index contributed by atoms with van der Waals surface area (Å²) < 4.78 is 0. The minimum absolute atomic E-state index is 0.00345. The van der Waals surface area contributed by atoms with E-state index in [0.29, 0.717) is 29.2 Å². The van der Waals surface area contributed by atoms with E-state index >= 15 is 0 Å². The average molecular weight is 352 g/mol. The molecule has 1 unspecified atom stereocenters. The average Bonchev–Trinajstić information content (AvgIpc) is 2.66. The lowest BCUT2D eigenvalue weighted by Gasteiger charge is -2.30. The van der Waals surface area contributed by atoms with E-state index in [1.807, 2.05) is 35.2 Å². The lowest BCUT2D eigenvalue weighted by Crippen LogP contribution is -2.39. The zero-order valence-electron chi connectivity index (χ0n) is 15.9. The van der Waals surface area contributed by atoms with E-state index in [9.17, 15) is 4.79 Å². The smallest absolute Gasteiger partial charge is 0.272 e. The van der Waals surface area contributed by atoms with Gasteiger partial charge in [0, 0.05) is 31.3 Å². The van der Waals surface area contributed by atoms with Crippen LogP contribution in [0, 0.1) is 11.8 Å². The van der Waals surface area contributed by atoms with Gasteiger partial charge < -0.3 is 10.2 Å². The second-order valence-corrected chi connectivity index (χ2v) is 7.60. The number of benzene rings is 1. The molecule has 0 bridgehead atoms. The summed E-state index contributed by atoms with van der Waals surface area (Å²) in [7, 11) is 0. The third-order valence-electron chi connectivity index (χ3n) is 4.61. The Hall–Kier alpha value is -2.43. The van der Waals surface area contributed by atoms with Gasteiger partial charge in [-0.25, -0.2) is 9.97 Å². The van der Waals surface area contributed by atoms with E-state index in [4.69, 9.17) is 0 Å². The van der Waals surface area contributed by atoms with Crippen molar-refractivity contribution in [2.24, 2.45) is 11.8 Å². The van der Waals surface area contributed by atoms with Gasteiger partial charge in [-0.05, 0) is 24.7 Å². The molecular formula is C21H28N4O. The number of anilines is 1. The van der Waals surface area contributed by atoms with Crippen molar-refractivity contribution in [2.75, 3.05) is 25.0 Å². The van der Waals surface area contributed by atoms with Crippen LogP contribution in [0.2, 0.25) is 0 Å². The molecule has 1 aromatic carbocycles. The molecule has 3 rings (SSSR count). The van der Waals surface area contributed by atoms with E-state index in [1.54, 1.807) is 6.07 Å². The van der Waals surface area contributed by atoms with Gasteiger partial charge in [0.2, 0.25) is 0 Å². The summed E-state index contributed by atoms with van der Waals surface area (Å²) in [5.41, 5.74) is 1.39. The van der Waals surface area contributed by atoms with Gasteiger partial charge in [0.15, 0.2) is 5.82 Å². The fraction of sp³-hybridized carbons (Fsp3) is 0.476. The molecule has 2 aromatic rings. The molecule has 0 spiro atoms. The molecule has 138 valence electrons. The van der Waals surface area contributed by atoms with E-state index in [0.717, 1.165) is 31.6 Å². The second-order valence-electron chi connectivity index (χ2n) is 7.60. The van der Waals surface area contributed by atoms with Crippen molar-refractivity contribution in [1.29, 1.82) is 0 Å². The monoisotopic (exact) mass is 352 g/mol. The molecule has 2 heterocycles. The first kappa shape index (κ1) is 18.4. The fourth-order valence-corrected chi connectivity index (χ4v) is 3.21. The van der Waals surface area contributed by atoms with E-state index in [1.165, 1.54) is 6.42 Å². The molecule has 1 aliphatic heterocycles. The van der Waals surface area contributed by atoms with Crippen LogP contribution in [-0.2, 0) is 0 Å². The minimum atomic E-state index is 0.00345. The Morgan fingerprint density at radius 1 is 1.27 bits per heavy atom. The van der Waals surface area contributed by atoms with Crippen molar-refractivity contribution < 1.29 is 4.79 Å². The number of nitrogens with one attached hydrogen (secondary N) is 1. The predicted molar refractivity (Wildman–Crippen MR) is 105 cm³/mol. The van der Waals surface area contributed by atoms with Crippen LogP contribution in [0.1, 0.15) is 44.1 Å². The highest BCUT2D eigenvalue weighted by Gasteiger charge is 2.24. The summed E-state index contributed by atoms with van der Waals surface area (Å²) in [5.74, 6) is 2.34.